The van der Waals surface area contributed by atoms with E-state index in [2.05, 4.69) is 31.0 Å². The highest BCUT2D eigenvalue weighted by molar-refractivity contribution is 6.01. The molecule has 0 saturated carbocycles. The molecule has 1 amide bonds. The largest absolute Gasteiger partial charge is 0.355 e. The first-order chi connectivity index (χ1) is 8.80. The van der Waals surface area contributed by atoms with Crippen LogP contribution >= 0.6 is 0 Å². The summed E-state index contributed by atoms with van der Waals surface area (Å²) < 4.78 is 0. The lowest BCUT2D eigenvalue weighted by atomic mass is 9.81. The Hall–Kier alpha value is -1.55. The lowest BCUT2D eigenvalue weighted by molar-refractivity contribution is -0.115. The number of nitrogens with one attached hydrogen (secondary N) is 1. The zero-order valence-electron chi connectivity index (χ0n) is 12.1. The SMILES string of the molecule is CC(N)C(N1CC(=O)Nc2ccccc21)C(C)(C)C. The summed E-state index contributed by atoms with van der Waals surface area (Å²) in [5.74, 6) is 0.0219. The van der Waals surface area contributed by atoms with Crippen molar-refractivity contribution in [2.45, 2.75) is 39.8 Å². The van der Waals surface area contributed by atoms with Crippen LogP contribution < -0.4 is 16.0 Å². The van der Waals surface area contributed by atoms with Gasteiger partial charge in [0.15, 0.2) is 0 Å². The van der Waals surface area contributed by atoms with Gasteiger partial charge >= 0.3 is 0 Å². The maximum Gasteiger partial charge on any atom is 0.243 e. The Bertz CT molecular complexity index is 477. The molecule has 0 saturated heterocycles. The zero-order valence-corrected chi connectivity index (χ0v) is 12.1. The number of benzene rings is 1. The van der Waals surface area contributed by atoms with E-state index in [9.17, 15) is 4.79 Å². The molecule has 0 aromatic heterocycles. The van der Waals surface area contributed by atoms with Crippen LogP contribution in [0.1, 0.15) is 27.7 Å². The smallest absolute Gasteiger partial charge is 0.243 e. The second-order valence-corrected chi connectivity index (χ2v) is 6.36. The third kappa shape index (κ3) is 2.73. The number of para-hydroxylation sites is 2. The fraction of sp³-hybridized carbons (Fsp3) is 0.533. The molecule has 0 radical (unpaired) electrons. The number of hydrogen-bond donors (Lipinski definition) is 2. The summed E-state index contributed by atoms with van der Waals surface area (Å²) in [6, 6.07) is 7.99. The van der Waals surface area contributed by atoms with Gasteiger partial charge in [0.1, 0.15) is 0 Å². The first-order valence-electron chi connectivity index (χ1n) is 6.72. The Labute approximate surface area is 115 Å². The van der Waals surface area contributed by atoms with E-state index in [1.54, 1.807) is 0 Å². The maximum atomic E-state index is 11.9. The number of anilines is 2. The van der Waals surface area contributed by atoms with Crippen LogP contribution in [0.25, 0.3) is 0 Å². The molecule has 1 aliphatic heterocycles. The molecule has 2 atom stereocenters. The van der Waals surface area contributed by atoms with Crippen molar-refractivity contribution >= 4 is 17.3 Å². The number of nitrogens with two attached hydrogens (primary N) is 1. The van der Waals surface area contributed by atoms with Crippen LogP contribution in [0.15, 0.2) is 24.3 Å². The number of nitrogens with zero attached hydrogens (tertiary/aromatic N) is 1. The van der Waals surface area contributed by atoms with Crippen molar-refractivity contribution in [2.24, 2.45) is 11.1 Å². The standard InChI is InChI=1S/C15H23N3O/c1-10(16)14(15(2,3)4)18-9-13(19)17-11-7-5-6-8-12(11)18/h5-8,10,14H,9,16H2,1-4H3,(H,17,19). The first kappa shape index (κ1) is 13.9. The van der Waals surface area contributed by atoms with Crippen LogP contribution in [0.5, 0.6) is 0 Å². The predicted molar refractivity (Wildman–Crippen MR) is 79.3 cm³/mol. The molecule has 3 N–H and O–H groups in total. The van der Waals surface area contributed by atoms with Crippen molar-refractivity contribution in [1.29, 1.82) is 0 Å². The summed E-state index contributed by atoms with van der Waals surface area (Å²) in [6.45, 7) is 8.86. The zero-order chi connectivity index (χ0) is 14.2. The number of amides is 1. The molecule has 2 rings (SSSR count). The van der Waals surface area contributed by atoms with E-state index in [0.717, 1.165) is 11.4 Å². The van der Waals surface area contributed by atoms with Crippen molar-refractivity contribution < 1.29 is 4.79 Å². The van der Waals surface area contributed by atoms with Crippen LogP contribution in [-0.4, -0.2) is 24.5 Å². The molecule has 19 heavy (non-hydrogen) atoms. The van der Waals surface area contributed by atoms with Crippen molar-refractivity contribution in [1.82, 2.24) is 0 Å². The van der Waals surface area contributed by atoms with Crippen LogP contribution in [-0.2, 0) is 4.79 Å². The normalized spacial score (nSPS) is 18.6. The van der Waals surface area contributed by atoms with Crippen molar-refractivity contribution in [3.63, 3.8) is 0 Å². The number of hydrogen-bond acceptors (Lipinski definition) is 3. The van der Waals surface area contributed by atoms with Gasteiger partial charge in [-0.05, 0) is 24.5 Å². The minimum absolute atomic E-state index is 0.00109. The molecular formula is C15H23N3O. The van der Waals surface area contributed by atoms with Crippen molar-refractivity contribution in [3.8, 4) is 0 Å². The lowest BCUT2D eigenvalue weighted by Gasteiger charge is -2.45. The van der Waals surface area contributed by atoms with Crippen molar-refractivity contribution in [2.75, 3.05) is 16.8 Å². The van der Waals surface area contributed by atoms with Gasteiger partial charge in [-0.25, -0.2) is 0 Å². The van der Waals surface area contributed by atoms with Gasteiger partial charge < -0.3 is 16.0 Å². The molecule has 104 valence electrons. The van der Waals surface area contributed by atoms with Gasteiger partial charge in [0, 0.05) is 12.1 Å². The topological polar surface area (TPSA) is 58.4 Å². The van der Waals surface area contributed by atoms with Gasteiger partial charge in [0.05, 0.1) is 17.9 Å². The second kappa shape index (κ2) is 4.85. The Morgan fingerprint density at radius 2 is 1.95 bits per heavy atom. The summed E-state index contributed by atoms with van der Waals surface area (Å²) >= 11 is 0. The van der Waals surface area contributed by atoms with E-state index in [4.69, 9.17) is 5.73 Å². The Morgan fingerprint density at radius 1 is 1.32 bits per heavy atom. The monoisotopic (exact) mass is 261 g/mol. The molecule has 0 spiro atoms. The fourth-order valence-corrected chi connectivity index (χ4v) is 3.05. The Balaban J connectivity index is 2.46. The van der Waals surface area contributed by atoms with Gasteiger partial charge in [-0.15, -0.1) is 0 Å². The van der Waals surface area contributed by atoms with Gasteiger partial charge in [-0.2, -0.15) is 0 Å². The summed E-state index contributed by atoms with van der Waals surface area (Å²) in [7, 11) is 0. The van der Waals surface area contributed by atoms with E-state index in [-0.39, 0.29) is 23.4 Å². The highest BCUT2D eigenvalue weighted by Crippen LogP contribution is 2.36. The molecule has 1 heterocycles. The quantitative estimate of drug-likeness (QED) is 0.858. The molecule has 0 aliphatic carbocycles. The van der Waals surface area contributed by atoms with Crippen molar-refractivity contribution in [3.05, 3.63) is 24.3 Å². The summed E-state index contributed by atoms with van der Waals surface area (Å²) in [5, 5.41) is 2.91. The van der Waals surface area contributed by atoms with E-state index in [0.29, 0.717) is 6.54 Å². The third-order valence-electron chi connectivity index (χ3n) is 3.52. The molecular weight excluding hydrogens is 238 g/mol. The van der Waals surface area contributed by atoms with E-state index in [1.165, 1.54) is 0 Å². The van der Waals surface area contributed by atoms with E-state index < -0.39 is 0 Å². The van der Waals surface area contributed by atoms with E-state index >= 15 is 0 Å². The minimum atomic E-state index is -0.0149. The highest BCUT2D eigenvalue weighted by Gasteiger charge is 2.37. The lowest BCUT2D eigenvalue weighted by Crippen LogP contribution is -2.57. The van der Waals surface area contributed by atoms with Gasteiger partial charge in [0.2, 0.25) is 5.91 Å². The van der Waals surface area contributed by atoms with Crippen LogP contribution in [0.2, 0.25) is 0 Å². The van der Waals surface area contributed by atoms with E-state index in [1.807, 2.05) is 31.2 Å². The number of fused-ring (bicyclic) bond motifs is 1. The maximum absolute atomic E-state index is 11.9. The average Bonchev–Trinajstić information content (AvgIpc) is 2.26. The van der Waals surface area contributed by atoms with Crippen LogP contribution in [0.4, 0.5) is 11.4 Å². The summed E-state index contributed by atoms with van der Waals surface area (Å²) in [5.41, 5.74) is 8.11. The third-order valence-corrected chi connectivity index (χ3v) is 3.52. The molecule has 1 aliphatic rings. The molecule has 0 bridgehead atoms. The fourth-order valence-electron chi connectivity index (χ4n) is 3.05. The molecule has 0 fully saturated rings. The summed E-state index contributed by atoms with van der Waals surface area (Å²) in [4.78, 5) is 14.0. The molecule has 1 aromatic rings. The molecule has 4 heteroatoms. The van der Waals surface area contributed by atoms with Gasteiger partial charge in [-0.1, -0.05) is 32.9 Å². The van der Waals surface area contributed by atoms with Gasteiger partial charge in [0.25, 0.3) is 0 Å². The summed E-state index contributed by atoms with van der Waals surface area (Å²) in [6.07, 6.45) is 0. The number of rotatable bonds is 2. The van der Waals surface area contributed by atoms with Crippen LogP contribution in [0.3, 0.4) is 0 Å². The molecule has 4 nitrogen and oxygen atoms in total. The number of carbonyl (C=O) groups is 1. The second-order valence-electron chi connectivity index (χ2n) is 6.36. The number of carbonyl (C=O) groups excluding carboxylic acids is 1. The molecule has 1 aromatic carbocycles. The minimum Gasteiger partial charge on any atom is -0.355 e. The Morgan fingerprint density at radius 3 is 2.53 bits per heavy atom. The van der Waals surface area contributed by atoms with Crippen LogP contribution in [0, 0.1) is 5.41 Å². The van der Waals surface area contributed by atoms with Gasteiger partial charge in [-0.3, -0.25) is 4.79 Å². The average molecular weight is 261 g/mol. The molecule has 2 unspecified atom stereocenters. The highest BCUT2D eigenvalue weighted by atomic mass is 16.2. The predicted octanol–water partition coefficient (Wildman–Crippen LogP) is 2.21. The first-order valence-corrected chi connectivity index (χ1v) is 6.72. The Kier molecular flexibility index (Phi) is 3.54.